The van der Waals surface area contributed by atoms with Gasteiger partial charge in [-0.25, -0.2) is 0 Å². The summed E-state index contributed by atoms with van der Waals surface area (Å²) >= 11 is 0. The third-order valence-electron chi connectivity index (χ3n) is 9.06. The number of nitrogens with one attached hydrogen (secondary N) is 1. The van der Waals surface area contributed by atoms with Crippen LogP contribution in [0.25, 0.3) is 5.76 Å². The number of aliphatic hydroxyl groups is 3. The molecular weight excluding hydrogens is 625 g/mol. The molecule has 0 heterocycles. The van der Waals surface area contributed by atoms with Crippen molar-refractivity contribution in [1.82, 2.24) is 10.2 Å². The Morgan fingerprint density at radius 1 is 1.09 bits per heavy atom. The smallest absolute Gasteiger partial charge is 0.508 e. The normalized spacial score (nSPS) is 24.2. The van der Waals surface area contributed by atoms with Crippen LogP contribution in [0.3, 0.4) is 0 Å². The van der Waals surface area contributed by atoms with Gasteiger partial charge in [0.15, 0.2) is 11.4 Å². The molecule has 0 bridgehead atoms. The molecule has 2 aromatic carbocycles. The SMILES string of the molecule is CN(C)c1cc(CNCc2ccc(OC(F)(F)F)cc2)c(O)c2c1C[C@@H]1C[C@@H]3[C@@H](N(C)C)C(=O)C(C(N)=O)=C(O)[C@]3(O)C(=O)C1=C2O. The zero-order valence-electron chi connectivity index (χ0n) is 26.0. The summed E-state index contributed by atoms with van der Waals surface area (Å²) in [4.78, 5) is 42.8. The van der Waals surface area contributed by atoms with Gasteiger partial charge in [-0.2, -0.15) is 0 Å². The van der Waals surface area contributed by atoms with E-state index in [9.17, 15) is 48.0 Å². The van der Waals surface area contributed by atoms with Gasteiger partial charge in [0.1, 0.15) is 28.6 Å². The Morgan fingerprint density at radius 2 is 1.72 bits per heavy atom. The number of aliphatic hydroxyl groups excluding tert-OH is 2. The van der Waals surface area contributed by atoms with Crippen LogP contribution < -0.4 is 20.7 Å². The molecule has 12 nitrogen and oxygen atoms in total. The molecule has 0 aliphatic heterocycles. The van der Waals surface area contributed by atoms with Crippen molar-refractivity contribution in [3.63, 3.8) is 0 Å². The first-order chi connectivity index (χ1) is 21.9. The largest absolute Gasteiger partial charge is 0.573 e. The van der Waals surface area contributed by atoms with E-state index in [1.54, 1.807) is 25.1 Å². The Hall–Kier alpha value is -4.60. The highest BCUT2D eigenvalue weighted by Gasteiger charge is 2.64. The first kappa shape index (κ1) is 33.8. The lowest BCUT2D eigenvalue weighted by molar-refractivity contribution is -0.274. The van der Waals surface area contributed by atoms with Gasteiger partial charge in [-0.3, -0.25) is 19.3 Å². The van der Waals surface area contributed by atoms with Crippen LogP contribution in [-0.4, -0.2) is 89.0 Å². The third kappa shape index (κ3) is 5.68. The molecular formula is C32H35F3N4O8. The van der Waals surface area contributed by atoms with E-state index in [1.807, 2.05) is 0 Å². The van der Waals surface area contributed by atoms with Gasteiger partial charge >= 0.3 is 6.36 Å². The highest BCUT2D eigenvalue weighted by atomic mass is 19.4. The van der Waals surface area contributed by atoms with Crippen molar-refractivity contribution in [2.24, 2.45) is 17.6 Å². The number of likely N-dealkylation sites (N-methyl/N-ethyl adjacent to an activating group) is 1. The second-order valence-corrected chi connectivity index (χ2v) is 12.4. The molecule has 3 aliphatic rings. The molecule has 5 rings (SSSR count). The molecule has 0 unspecified atom stereocenters. The molecule has 0 spiro atoms. The summed E-state index contributed by atoms with van der Waals surface area (Å²) < 4.78 is 41.3. The lowest BCUT2D eigenvalue weighted by Gasteiger charge is -2.50. The molecule has 0 radical (unpaired) electrons. The van der Waals surface area contributed by atoms with Crippen LogP contribution in [0.2, 0.25) is 0 Å². The number of carbonyl (C=O) groups excluding carboxylic acids is 3. The fraction of sp³-hybridized carbons (Fsp3) is 0.406. The minimum atomic E-state index is -4.82. The van der Waals surface area contributed by atoms with Gasteiger partial charge in [-0.05, 0) is 62.2 Å². The summed E-state index contributed by atoms with van der Waals surface area (Å²) in [5, 5.41) is 49.0. The van der Waals surface area contributed by atoms with E-state index in [0.717, 1.165) is 0 Å². The molecule has 15 heteroatoms. The van der Waals surface area contributed by atoms with E-state index in [0.29, 0.717) is 22.4 Å². The van der Waals surface area contributed by atoms with Crippen LogP contribution >= 0.6 is 0 Å². The molecule has 4 atom stereocenters. The Morgan fingerprint density at radius 3 is 2.28 bits per heavy atom. The summed E-state index contributed by atoms with van der Waals surface area (Å²) in [6, 6.07) is 5.77. The topological polar surface area (TPSA) is 186 Å². The molecule has 1 fully saturated rings. The number of benzene rings is 2. The molecule has 0 saturated heterocycles. The monoisotopic (exact) mass is 660 g/mol. The van der Waals surface area contributed by atoms with Crippen LogP contribution in [-0.2, 0) is 33.9 Å². The lowest BCUT2D eigenvalue weighted by Crippen LogP contribution is -2.65. The third-order valence-corrected chi connectivity index (χ3v) is 9.06. The van der Waals surface area contributed by atoms with Crippen LogP contribution in [0, 0.1) is 11.8 Å². The predicted octanol–water partition coefficient (Wildman–Crippen LogP) is 2.22. The van der Waals surface area contributed by atoms with Crippen LogP contribution in [0.4, 0.5) is 18.9 Å². The van der Waals surface area contributed by atoms with Crippen molar-refractivity contribution >= 4 is 28.9 Å². The molecule has 1 saturated carbocycles. The van der Waals surface area contributed by atoms with E-state index in [4.69, 9.17) is 5.73 Å². The predicted molar refractivity (Wildman–Crippen MR) is 162 cm³/mol. The average Bonchev–Trinajstić information content (AvgIpc) is 2.95. The van der Waals surface area contributed by atoms with E-state index < -0.39 is 64.4 Å². The minimum absolute atomic E-state index is 0.0322. The number of alkyl halides is 3. The Labute approximate surface area is 267 Å². The van der Waals surface area contributed by atoms with Crippen molar-refractivity contribution in [3.8, 4) is 11.5 Å². The quantitative estimate of drug-likeness (QED) is 0.228. The summed E-state index contributed by atoms with van der Waals surface area (Å²) in [5.74, 6) is -7.64. The van der Waals surface area contributed by atoms with Gasteiger partial charge in [0.05, 0.1) is 11.6 Å². The lowest BCUT2D eigenvalue weighted by atomic mass is 9.57. The number of phenolic OH excluding ortho intramolecular Hbond substituents is 1. The van der Waals surface area contributed by atoms with Crippen molar-refractivity contribution in [2.75, 3.05) is 33.1 Å². The van der Waals surface area contributed by atoms with Crippen molar-refractivity contribution in [1.29, 1.82) is 0 Å². The summed E-state index contributed by atoms with van der Waals surface area (Å²) in [6.07, 6.45) is -4.71. The van der Waals surface area contributed by atoms with E-state index >= 15 is 0 Å². The number of nitrogens with zero attached hydrogens (tertiary/aromatic N) is 2. The van der Waals surface area contributed by atoms with E-state index in [-0.39, 0.29) is 48.6 Å². The number of anilines is 1. The van der Waals surface area contributed by atoms with Crippen LogP contribution in [0.1, 0.15) is 28.7 Å². The van der Waals surface area contributed by atoms with Gasteiger partial charge in [0.25, 0.3) is 5.91 Å². The number of Topliss-reactive ketones (excluding diaryl/α,β-unsaturated/α-hetero) is 2. The van der Waals surface area contributed by atoms with Gasteiger partial charge in [0.2, 0.25) is 5.78 Å². The Balaban J connectivity index is 1.52. The number of amides is 1. The number of fused-ring (bicyclic) bond motifs is 3. The number of rotatable bonds is 8. The fourth-order valence-corrected chi connectivity index (χ4v) is 7.03. The molecule has 1 amide bonds. The number of primary amides is 1. The number of hydrogen-bond acceptors (Lipinski definition) is 11. The number of hydrogen-bond donors (Lipinski definition) is 6. The van der Waals surface area contributed by atoms with E-state index in [2.05, 4.69) is 10.1 Å². The number of halogens is 3. The van der Waals surface area contributed by atoms with Crippen LogP contribution in [0.5, 0.6) is 11.5 Å². The molecule has 2 aromatic rings. The number of phenols is 1. The van der Waals surface area contributed by atoms with Gasteiger partial charge in [-0.1, -0.05) is 12.1 Å². The summed E-state index contributed by atoms with van der Waals surface area (Å²) in [7, 11) is 6.57. The zero-order valence-corrected chi connectivity index (χ0v) is 26.0. The fourth-order valence-electron chi connectivity index (χ4n) is 7.03. The summed E-state index contributed by atoms with van der Waals surface area (Å²) in [6.45, 7) is 0.243. The maximum atomic E-state index is 14.1. The second kappa shape index (κ2) is 11.9. The highest BCUT2D eigenvalue weighted by Crippen LogP contribution is 2.54. The first-order valence-corrected chi connectivity index (χ1v) is 14.6. The summed E-state index contributed by atoms with van der Waals surface area (Å²) in [5.41, 5.74) is 3.52. The molecule has 7 N–H and O–H groups in total. The first-order valence-electron chi connectivity index (χ1n) is 14.6. The van der Waals surface area contributed by atoms with Crippen molar-refractivity contribution < 1.29 is 52.7 Å². The number of ketones is 2. The molecule has 252 valence electrons. The zero-order chi connectivity index (χ0) is 34.7. The maximum Gasteiger partial charge on any atom is 0.573 e. The number of carbonyl (C=O) groups is 3. The standard InChI is InChI=1S/C32H35F3N4O8/c1-38(2)20-11-16(13-37-12-14-5-7-17(8-6-14)47-32(33,34)35)25(40)22-18(20)9-15-10-19-24(39(3)4)27(42)23(30(36)45)29(44)31(19,46)28(43)21(15)26(22)41/h5-8,11,15,19,24,37,40-41,44,46H,9-10,12-13H2,1-4H3,(H2,36,45)/t15-,19-,24-,31-/m1/s1. The van der Waals surface area contributed by atoms with E-state index in [1.165, 1.54) is 43.3 Å². The van der Waals surface area contributed by atoms with Crippen molar-refractivity contribution in [3.05, 3.63) is 69.5 Å². The van der Waals surface area contributed by atoms with Crippen molar-refractivity contribution in [2.45, 2.75) is 43.9 Å². The Kier molecular flexibility index (Phi) is 8.54. The highest BCUT2D eigenvalue weighted by molar-refractivity contribution is 6.24. The molecule has 47 heavy (non-hydrogen) atoms. The number of aromatic hydroxyl groups is 1. The maximum absolute atomic E-state index is 14.1. The molecule has 3 aliphatic carbocycles. The van der Waals surface area contributed by atoms with Crippen LogP contribution in [0.15, 0.2) is 47.2 Å². The Bertz CT molecular complexity index is 1720. The van der Waals surface area contributed by atoms with Gasteiger partial charge < -0.3 is 41.1 Å². The number of nitrogens with two attached hydrogens (primary N) is 1. The van der Waals surface area contributed by atoms with Gasteiger partial charge in [-0.15, -0.1) is 13.2 Å². The molecule has 0 aromatic heterocycles. The minimum Gasteiger partial charge on any atom is -0.508 e. The second-order valence-electron chi connectivity index (χ2n) is 12.4. The average molecular weight is 661 g/mol. The van der Waals surface area contributed by atoms with Gasteiger partial charge in [0, 0.05) is 49.9 Å². The number of ether oxygens (including phenoxy) is 1.